The third-order valence-electron chi connectivity index (χ3n) is 7.14. The second-order valence-electron chi connectivity index (χ2n) is 9.40. The largest absolute Gasteiger partial charge is 0.227 e. The Balaban J connectivity index is 1.28. The van der Waals surface area contributed by atoms with Crippen molar-refractivity contribution in [3.8, 4) is 33.8 Å². The number of aromatic nitrogens is 2. The van der Waals surface area contributed by atoms with Gasteiger partial charge in [-0.25, -0.2) is 9.97 Å². The molecule has 38 heavy (non-hydrogen) atoms. The third-order valence-corrected chi connectivity index (χ3v) is 9.43. The van der Waals surface area contributed by atoms with Gasteiger partial charge in [0.2, 0.25) is 0 Å². The molecule has 8 rings (SSSR count). The Morgan fingerprint density at radius 3 is 1.92 bits per heavy atom. The summed E-state index contributed by atoms with van der Waals surface area (Å²) < 4.78 is 3.89. The minimum atomic E-state index is 0.759. The van der Waals surface area contributed by atoms with Gasteiger partial charge in [-0.3, -0.25) is 0 Å². The van der Waals surface area contributed by atoms with Crippen molar-refractivity contribution in [2.75, 3.05) is 0 Å². The van der Waals surface area contributed by atoms with Crippen molar-refractivity contribution in [2.45, 2.75) is 0 Å². The van der Waals surface area contributed by atoms with E-state index >= 15 is 0 Å². The van der Waals surface area contributed by atoms with Crippen molar-refractivity contribution < 1.29 is 0 Å². The fraction of sp³-hybridized carbons (Fsp3) is 0. The zero-order valence-corrected chi connectivity index (χ0v) is 21.9. The Morgan fingerprint density at radius 2 is 1.11 bits per heavy atom. The van der Waals surface area contributed by atoms with Crippen LogP contribution in [-0.4, -0.2) is 9.97 Å². The van der Waals surface area contributed by atoms with Gasteiger partial charge in [0.15, 0.2) is 5.82 Å². The molecule has 0 saturated heterocycles. The van der Waals surface area contributed by atoms with E-state index < -0.39 is 0 Å². The highest BCUT2D eigenvalue weighted by Gasteiger charge is 2.17. The van der Waals surface area contributed by atoms with Crippen molar-refractivity contribution in [3.63, 3.8) is 0 Å². The summed E-state index contributed by atoms with van der Waals surface area (Å²) in [5.41, 5.74) is 5.59. The number of rotatable bonds is 3. The number of hydrogen-bond donors (Lipinski definition) is 0. The second-order valence-corrected chi connectivity index (χ2v) is 11.5. The summed E-state index contributed by atoms with van der Waals surface area (Å²) in [6, 6.07) is 43.0. The molecule has 5 aromatic carbocycles. The fourth-order valence-corrected chi connectivity index (χ4v) is 7.64. The van der Waals surface area contributed by atoms with E-state index in [4.69, 9.17) is 9.97 Å². The van der Waals surface area contributed by atoms with Crippen LogP contribution in [0.1, 0.15) is 0 Å². The van der Waals surface area contributed by atoms with Crippen molar-refractivity contribution >= 4 is 63.1 Å². The molecule has 0 bridgehead atoms. The quantitative estimate of drug-likeness (QED) is 0.232. The van der Waals surface area contributed by atoms with Gasteiger partial charge >= 0.3 is 0 Å². The van der Waals surface area contributed by atoms with Crippen molar-refractivity contribution in [3.05, 3.63) is 121 Å². The SMILES string of the molecule is c1ccc(-c2nc(-c3ccc(-c4cccc5c4sc4ccccc45)cc3)nc3sc4ccccc4c23)cc1. The Kier molecular flexibility index (Phi) is 4.90. The van der Waals surface area contributed by atoms with Gasteiger partial charge < -0.3 is 0 Å². The Morgan fingerprint density at radius 1 is 0.447 bits per heavy atom. The molecule has 4 heteroatoms. The normalized spacial score (nSPS) is 11.7. The molecule has 0 saturated carbocycles. The molecule has 0 atom stereocenters. The molecule has 0 radical (unpaired) electrons. The van der Waals surface area contributed by atoms with Gasteiger partial charge in [0.1, 0.15) is 4.83 Å². The summed E-state index contributed by atoms with van der Waals surface area (Å²) >= 11 is 3.60. The van der Waals surface area contributed by atoms with Crippen LogP contribution in [0.25, 0.3) is 74.2 Å². The summed E-state index contributed by atoms with van der Waals surface area (Å²) in [4.78, 5) is 11.2. The van der Waals surface area contributed by atoms with Gasteiger partial charge in [-0.2, -0.15) is 0 Å². The highest BCUT2D eigenvalue weighted by molar-refractivity contribution is 7.26. The van der Waals surface area contributed by atoms with E-state index in [0.717, 1.165) is 32.9 Å². The summed E-state index contributed by atoms with van der Waals surface area (Å²) in [6.07, 6.45) is 0. The van der Waals surface area contributed by atoms with E-state index in [-0.39, 0.29) is 0 Å². The molecule has 0 aliphatic rings. The average Bonchev–Trinajstić information content (AvgIpc) is 3.56. The van der Waals surface area contributed by atoms with E-state index in [9.17, 15) is 0 Å². The second kappa shape index (κ2) is 8.59. The predicted molar refractivity (Wildman–Crippen MR) is 164 cm³/mol. The van der Waals surface area contributed by atoms with Gasteiger partial charge in [-0.05, 0) is 23.3 Å². The van der Waals surface area contributed by atoms with Gasteiger partial charge in [0, 0.05) is 46.8 Å². The summed E-state index contributed by atoms with van der Waals surface area (Å²) in [6.45, 7) is 0. The molecule has 0 aliphatic carbocycles. The topological polar surface area (TPSA) is 25.8 Å². The molecular weight excluding hydrogens is 501 g/mol. The maximum absolute atomic E-state index is 5.14. The molecule has 0 N–H and O–H groups in total. The molecule has 0 fully saturated rings. The molecule has 0 amide bonds. The lowest BCUT2D eigenvalue weighted by atomic mass is 10.0. The predicted octanol–water partition coefficient (Wildman–Crippen LogP) is 10.2. The average molecular weight is 521 g/mol. The molecular formula is C34H20N2S2. The molecule has 2 nitrogen and oxygen atoms in total. The zero-order chi connectivity index (χ0) is 25.1. The highest BCUT2D eigenvalue weighted by atomic mass is 32.1. The van der Waals surface area contributed by atoms with Crippen LogP contribution < -0.4 is 0 Å². The van der Waals surface area contributed by atoms with Crippen molar-refractivity contribution in [2.24, 2.45) is 0 Å². The van der Waals surface area contributed by atoms with E-state index in [1.54, 1.807) is 11.3 Å². The van der Waals surface area contributed by atoms with Crippen LogP contribution in [-0.2, 0) is 0 Å². The number of thiophene rings is 2. The van der Waals surface area contributed by atoms with E-state index in [0.29, 0.717) is 0 Å². The lowest BCUT2D eigenvalue weighted by Gasteiger charge is -2.09. The molecule has 0 unspecified atom stereocenters. The van der Waals surface area contributed by atoms with E-state index in [2.05, 4.69) is 115 Å². The van der Waals surface area contributed by atoms with Gasteiger partial charge in [-0.15, -0.1) is 22.7 Å². The third kappa shape index (κ3) is 3.38. The number of hydrogen-bond acceptors (Lipinski definition) is 4. The first-order chi connectivity index (χ1) is 18.8. The van der Waals surface area contributed by atoms with Crippen LogP contribution >= 0.6 is 22.7 Å². The molecule has 3 heterocycles. The van der Waals surface area contributed by atoms with Crippen molar-refractivity contribution in [1.29, 1.82) is 0 Å². The molecule has 0 spiro atoms. The zero-order valence-electron chi connectivity index (χ0n) is 20.3. The minimum Gasteiger partial charge on any atom is -0.227 e. The van der Waals surface area contributed by atoms with Crippen LogP contribution in [0.2, 0.25) is 0 Å². The Hall–Kier alpha value is -4.38. The minimum absolute atomic E-state index is 0.759. The van der Waals surface area contributed by atoms with Gasteiger partial charge in [0.05, 0.1) is 5.69 Å². The molecule has 0 aliphatic heterocycles. The lowest BCUT2D eigenvalue weighted by Crippen LogP contribution is -1.93. The summed E-state index contributed by atoms with van der Waals surface area (Å²) in [5, 5.41) is 4.99. The van der Waals surface area contributed by atoms with Crippen molar-refractivity contribution in [1.82, 2.24) is 9.97 Å². The maximum atomic E-state index is 5.14. The highest BCUT2D eigenvalue weighted by Crippen LogP contribution is 2.41. The van der Waals surface area contributed by atoms with Crippen LogP contribution in [0.3, 0.4) is 0 Å². The first-order valence-electron chi connectivity index (χ1n) is 12.6. The van der Waals surface area contributed by atoms with Crippen LogP contribution in [0.5, 0.6) is 0 Å². The van der Waals surface area contributed by atoms with Crippen LogP contribution in [0.4, 0.5) is 0 Å². The van der Waals surface area contributed by atoms with Crippen LogP contribution in [0.15, 0.2) is 121 Å². The summed E-state index contributed by atoms with van der Waals surface area (Å²) in [7, 11) is 0. The number of nitrogens with zero attached hydrogens (tertiary/aromatic N) is 2. The van der Waals surface area contributed by atoms with E-state index in [1.165, 1.54) is 41.4 Å². The lowest BCUT2D eigenvalue weighted by molar-refractivity contribution is 1.24. The van der Waals surface area contributed by atoms with Gasteiger partial charge in [-0.1, -0.05) is 109 Å². The first kappa shape index (κ1) is 21.7. The number of fused-ring (bicyclic) bond motifs is 6. The smallest absolute Gasteiger partial charge is 0.161 e. The monoisotopic (exact) mass is 520 g/mol. The fourth-order valence-electron chi connectivity index (χ4n) is 5.33. The standard InChI is InChI=1S/C34H20N2S2/c1-2-9-22(10-3-1)31-30-27-12-5-7-16-29(27)38-34(30)36-33(35-31)23-19-17-21(18-20-23)24-13-8-14-26-25-11-4-6-15-28(25)37-32(24)26/h1-20H. The first-order valence-corrected chi connectivity index (χ1v) is 14.2. The Labute approximate surface area is 227 Å². The maximum Gasteiger partial charge on any atom is 0.161 e. The Bertz CT molecular complexity index is 2120. The van der Waals surface area contributed by atoms with Crippen LogP contribution in [0, 0.1) is 0 Å². The van der Waals surface area contributed by atoms with E-state index in [1.807, 2.05) is 17.4 Å². The molecule has 178 valence electrons. The molecule has 3 aromatic heterocycles. The molecule has 8 aromatic rings. The van der Waals surface area contributed by atoms with Gasteiger partial charge in [0.25, 0.3) is 0 Å². The number of benzene rings is 5. The summed E-state index contributed by atoms with van der Waals surface area (Å²) in [5.74, 6) is 0.759.